The summed E-state index contributed by atoms with van der Waals surface area (Å²) in [6.45, 7) is 7.63. The molecule has 1 unspecified atom stereocenters. The van der Waals surface area contributed by atoms with E-state index in [1.54, 1.807) is 0 Å². The highest BCUT2D eigenvalue weighted by Crippen LogP contribution is 2.24. The highest BCUT2D eigenvalue weighted by molar-refractivity contribution is 5.83. The van der Waals surface area contributed by atoms with Crippen LogP contribution in [0.2, 0.25) is 0 Å². The number of hydrogen-bond acceptors (Lipinski definition) is 1. The summed E-state index contributed by atoms with van der Waals surface area (Å²) in [7, 11) is 0. The van der Waals surface area contributed by atoms with E-state index in [0.29, 0.717) is 17.8 Å². The van der Waals surface area contributed by atoms with Crippen LogP contribution in [0.3, 0.4) is 0 Å². The van der Waals surface area contributed by atoms with E-state index >= 15 is 0 Å². The lowest BCUT2D eigenvalue weighted by atomic mass is 9.98. The third kappa shape index (κ3) is 3.32. The van der Waals surface area contributed by atoms with Crippen molar-refractivity contribution in [2.75, 3.05) is 6.54 Å². The average Bonchev–Trinajstić information content (AvgIpc) is 2.66. The van der Waals surface area contributed by atoms with Gasteiger partial charge in [-0.15, -0.1) is 0 Å². The van der Waals surface area contributed by atoms with Crippen molar-refractivity contribution in [3.63, 3.8) is 0 Å². The van der Waals surface area contributed by atoms with Crippen molar-refractivity contribution in [3.05, 3.63) is 0 Å². The van der Waals surface area contributed by atoms with Gasteiger partial charge in [0, 0.05) is 12.5 Å². The van der Waals surface area contributed by atoms with Crippen molar-refractivity contribution < 1.29 is 0 Å². The van der Waals surface area contributed by atoms with Gasteiger partial charge in [0.1, 0.15) is 0 Å². The monoisotopic (exact) mass is 196 g/mol. The number of aliphatic imine (C=N–C) groups is 1. The van der Waals surface area contributed by atoms with E-state index in [2.05, 4.69) is 25.8 Å². The SMILES string of the molecule is CC(C)C(C)CN=C(N)C1CCCC1. The average molecular weight is 196 g/mol. The Kier molecular flexibility index (Phi) is 4.43. The largest absolute Gasteiger partial charge is 0.387 e. The van der Waals surface area contributed by atoms with Crippen molar-refractivity contribution in [2.45, 2.75) is 46.5 Å². The van der Waals surface area contributed by atoms with E-state index in [1.807, 2.05) is 0 Å². The molecule has 0 amide bonds. The van der Waals surface area contributed by atoms with Crippen LogP contribution in [-0.2, 0) is 0 Å². The van der Waals surface area contributed by atoms with Crippen LogP contribution in [0.15, 0.2) is 4.99 Å². The number of nitrogens with zero attached hydrogens (tertiary/aromatic N) is 1. The Morgan fingerprint density at radius 1 is 1.29 bits per heavy atom. The third-order valence-electron chi connectivity index (χ3n) is 3.47. The lowest BCUT2D eigenvalue weighted by Crippen LogP contribution is -2.23. The van der Waals surface area contributed by atoms with Crippen LogP contribution in [0.25, 0.3) is 0 Å². The minimum atomic E-state index is 0.592. The smallest absolute Gasteiger partial charge is 0.0968 e. The van der Waals surface area contributed by atoms with E-state index in [4.69, 9.17) is 5.73 Å². The molecule has 0 aliphatic heterocycles. The van der Waals surface area contributed by atoms with Gasteiger partial charge in [0.2, 0.25) is 0 Å². The molecule has 0 aromatic heterocycles. The van der Waals surface area contributed by atoms with E-state index in [-0.39, 0.29) is 0 Å². The van der Waals surface area contributed by atoms with Crippen molar-refractivity contribution >= 4 is 5.84 Å². The second-order valence-corrected chi connectivity index (χ2v) is 4.97. The summed E-state index contributed by atoms with van der Waals surface area (Å²) in [5.74, 6) is 2.86. The zero-order valence-electron chi connectivity index (χ0n) is 9.79. The topological polar surface area (TPSA) is 38.4 Å². The molecule has 0 heterocycles. The minimum absolute atomic E-state index is 0.592. The first-order chi connectivity index (χ1) is 6.61. The Hall–Kier alpha value is -0.530. The number of rotatable bonds is 4. The Bertz CT molecular complexity index is 190. The third-order valence-corrected chi connectivity index (χ3v) is 3.47. The second kappa shape index (κ2) is 5.38. The molecule has 0 bridgehead atoms. The molecule has 14 heavy (non-hydrogen) atoms. The summed E-state index contributed by atoms with van der Waals surface area (Å²) in [5.41, 5.74) is 5.98. The normalized spacial score (nSPS) is 21.9. The van der Waals surface area contributed by atoms with Crippen molar-refractivity contribution in [1.82, 2.24) is 0 Å². The van der Waals surface area contributed by atoms with Gasteiger partial charge in [-0.25, -0.2) is 0 Å². The molecule has 0 radical (unpaired) electrons. The standard InChI is InChI=1S/C12H24N2/c1-9(2)10(3)8-14-12(13)11-6-4-5-7-11/h9-11H,4-8H2,1-3H3,(H2,13,14). The van der Waals surface area contributed by atoms with Crippen LogP contribution in [0.5, 0.6) is 0 Å². The highest BCUT2D eigenvalue weighted by Gasteiger charge is 2.18. The van der Waals surface area contributed by atoms with Gasteiger partial charge < -0.3 is 5.73 Å². The lowest BCUT2D eigenvalue weighted by molar-refractivity contribution is 0.429. The first-order valence-corrected chi connectivity index (χ1v) is 5.91. The molecular weight excluding hydrogens is 172 g/mol. The molecule has 0 spiro atoms. The molecule has 2 nitrogen and oxygen atoms in total. The summed E-state index contributed by atoms with van der Waals surface area (Å²) in [4.78, 5) is 4.52. The molecule has 1 rings (SSSR count). The Balaban J connectivity index is 2.35. The van der Waals surface area contributed by atoms with Gasteiger partial charge in [-0.05, 0) is 24.7 Å². The first-order valence-electron chi connectivity index (χ1n) is 5.91. The van der Waals surface area contributed by atoms with Gasteiger partial charge in [0.15, 0.2) is 0 Å². The predicted molar refractivity (Wildman–Crippen MR) is 62.4 cm³/mol. The van der Waals surface area contributed by atoms with Gasteiger partial charge in [-0.1, -0.05) is 33.6 Å². The van der Waals surface area contributed by atoms with Gasteiger partial charge in [-0.2, -0.15) is 0 Å². The van der Waals surface area contributed by atoms with Crippen LogP contribution < -0.4 is 5.73 Å². The number of hydrogen-bond donors (Lipinski definition) is 1. The Morgan fingerprint density at radius 2 is 1.86 bits per heavy atom. The van der Waals surface area contributed by atoms with Crippen LogP contribution in [0.4, 0.5) is 0 Å². The quantitative estimate of drug-likeness (QED) is 0.545. The fourth-order valence-corrected chi connectivity index (χ4v) is 1.81. The zero-order chi connectivity index (χ0) is 10.6. The van der Waals surface area contributed by atoms with Crippen molar-refractivity contribution in [1.29, 1.82) is 0 Å². The first kappa shape index (κ1) is 11.5. The second-order valence-electron chi connectivity index (χ2n) is 4.97. The van der Waals surface area contributed by atoms with Crippen LogP contribution in [-0.4, -0.2) is 12.4 Å². The number of nitrogens with two attached hydrogens (primary N) is 1. The van der Waals surface area contributed by atoms with Crippen LogP contribution >= 0.6 is 0 Å². The van der Waals surface area contributed by atoms with E-state index in [9.17, 15) is 0 Å². The predicted octanol–water partition coefficient (Wildman–Crippen LogP) is 2.83. The van der Waals surface area contributed by atoms with Crippen LogP contribution in [0.1, 0.15) is 46.5 Å². The van der Waals surface area contributed by atoms with Crippen molar-refractivity contribution in [2.24, 2.45) is 28.5 Å². The molecule has 1 atom stereocenters. The summed E-state index contributed by atoms with van der Waals surface area (Å²) in [5, 5.41) is 0. The lowest BCUT2D eigenvalue weighted by Gasteiger charge is -2.14. The Labute approximate surface area is 88.0 Å². The fourth-order valence-electron chi connectivity index (χ4n) is 1.81. The number of amidine groups is 1. The zero-order valence-corrected chi connectivity index (χ0v) is 9.79. The summed E-state index contributed by atoms with van der Waals surface area (Å²) in [6.07, 6.45) is 5.18. The van der Waals surface area contributed by atoms with Crippen LogP contribution in [0, 0.1) is 17.8 Å². The molecule has 0 aromatic carbocycles. The molecule has 1 aliphatic rings. The summed E-state index contributed by atoms with van der Waals surface area (Å²) < 4.78 is 0. The summed E-state index contributed by atoms with van der Waals surface area (Å²) in [6, 6.07) is 0. The molecule has 2 heteroatoms. The molecule has 0 saturated heterocycles. The van der Waals surface area contributed by atoms with Gasteiger partial charge in [0.05, 0.1) is 5.84 Å². The molecule has 0 aromatic rings. The molecule has 2 N–H and O–H groups in total. The maximum absolute atomic E-state index is 5.98. The molecule has 1 aliphatic carbocycles. The Morgan fingerprint density at radius 3 is 2.36 bits per heavy atom. The van der Waals surface area contributed by atoms with Gasteiger partial charge >= 0.3 is 0 Å². The van der Waals surface area contributed by atoms with Crippen molar-refractivity contribution in [3.8, 4) is 0 Å². The van der Waals surface area contributed by atoms with E-state index < -0.39 is 0 Å². The summed E-state index contributed by atoms with van der Waals surface area (Å²) >= 11 is 0. The molecule has 82 valence electrons. The van der Waals surface area contributed by atoms with E-state index in [0.717, 1.165) is 12.4 Å². The minimum Gasteiger partial charge on any atom is -0.387 e. The molecular formula is C12H24N2. The maximum atomic E-state index is 5.98. The fraction of sp³-hybridized carbons (Fsp3) is 0.917. The molecule has 1 saturated carbocycles. The molecule has 1 fully saturated rings. The maximum Gasteiger partial charge on any atom is 0.0968 e. The highest BCUT2D eigenvalue weighted by atomic mass is 14.9. The van der Waals surface area contributed by atoms with E-state index in [1.165, 1.54) is 25.7 Å². The van der Waals surface area contributed by atoms with Gasteiger partial charge in [-0.3, -0.25) is 4.99 Å². The van der Waals surface area contributed by atoms with Gasteiger partial charge in [0.25, 0.3) is 0 Å².